The van der Waals surface area contributed by atoms with Crippen LogP contribution in [0.5, 0.6) is 0 Å². The summed E-state index contributed by atoms with van der Waals surface area (Å²) in [4.78, 5) is 0. The van der Waals surface area contributed by atoms with E-state index < -0.39 is 0 Å². The summed E-state index contributed by atoms with van der Waals surface area (Å²) >= 11 is 0. The molecular weight excluding hydrogens is 332 g/mol. The van der Waals surface area contributed by atoms with Crippen LogP contribution in [0.1, 0.15) is 5.56 Å². The Labute approximate surface area is 149 Å². The van der Waals surface area contributed by atoms with Crippen LogP contribution in [-0.2, 0) is 0 Å². The highest BCUT2D eigenvalue weighted by atomic mass is 19.1. The van der Waals surface area contributed by atoms with E-state index in [1.807, 2.05) is 35.8 Å². The summed E-state index contributed by atoms with van der Waals surface area (Å²) in [6.07, 6.45) is 0. The molecule has 0 saturated carbocycles. The van der Waals surface area contributed by atoms with E-state index in [1.54, 1.807) is 24.3 Å². The van der Waals surface area contributed by atoms with Crippen LogP contribution in [0.2, 0.25) is 0 Å². The highest BCUT2D eigenvalue weighted by Crippen LogP contribution is 2.28. The maximum absolute atomic E-state index is 13.3. The van der Waals surface area contributed by atoms with Crippen LogP contribution in [0.3, 0.4) is 0 Å². The molecule has 4 aromatic rings. The molecule has 0 N–H and O–H groups in total. The van der Waals surface area contributed by atoms with Gasteiger partial charge in [-0.25, -0.2) is 8.78 Å². The van der Waals surface area contributed by atoms with Crippen molar-refractivity contribution in [1.82, 2.24) is 14.8 Å². The number of nitrogens with zero attached hydrogens (tertiary/aromatic N) is 3. The predicted octanol–water partition coefficient (Wildman–Crippen LogP) is 5.19. The maximum Gasteiger partial charge on any atom is 0.168 e. The molecule has 0 aliphatic carbocycles. The first-order valence-corrected chi connectivity index (χ1v) is 8.16. The largest absolute Gasteiger partial charge is 0.275 e. The van der Waals surface area contributed by atoms with E-state index in [9.17, 15) is 8.78 Å². The third-order valence-corrected chi connectivity index (χ3v) is 4.16. The lowest BCUT2D eigenvalue weighted by Crippen LogP contribution is -2.00. The lowest BCUT2D eigenvalue weighted by atomic mass is 10.1. The van der Waals surface area contributed by atoms with Crippen LogP contribution in [0.4, 0.5) is 8.78 Å². The van der Waals surface area contributed by atoms with Gasteiger partial charge in [0.2, 0.25) is 0 Å². The van der Waals surface area contributed by atoms with Gasteiger partial charge in [-0.05, 0) is 67.6 Å². The first-order chi connectivity index (χ1) is 12.6. The molecule has 0 amide bonds. The summed E-state index contributed by atoms with van der Waals surface area (Å²) in [6, 6.07) is 20.2. The Kier molecular flexibility index (Phi) is 4.05. The average molecular weight is 347 g/mol. The Morgan fingerprint density at radius 3 is 1.46 bits per heavy atom. The van der Waals surface area contributed by atoms with Gasteiger partial charge < -0.3 is 0 Å². The number of rotatable bonds is 3. The molecule has 0 radical (unpaired) electrons. The van der Waals surface area contributed by atoms with Crippen molar-refractivity contribution in [3.05, 3.63) is 90.0 Å². The number of hydrogen-bond donors (Lipinski definition) is 0. The van der Waals surface area contributed by atoms with Crippen molar-refractivity contribution in [3.63, 3.8) is 0 Å². The molecule has 0 unspecified atom stereocenters. The van der Waals surface area contributed by atoms with Gasteiger partial charge in [-0.1, -0.05) is 17.7 Å². The second-order valence-corrected chi connectivity index (χ2v) is 6.03. The monoisotopic (exact) mass is 347 g/mol. The second-order valence-electron chi connectivity index (χ2n) is 6.03. The van der Waals surface area contributed by atoms with Gasteiger partial charge in [0.1, 0.15) is 11.6 Å². The number of halogens is 2. The van der Waals surface area contributed by atoms with E-state index in [-0.39, 0.29) is 11.6 Å². The van der Waals surface area contributed by atoms with E-state index in [4.69, 9.17) is 0 Å². The molecule has 26 heavy (non-hydrogen) atoms. The fourth-order valence-corrected chi connectivity index (χ4v) is 2.79. The molecule has 5 heteroatoms. The van der Waals surface area contributed by atoms with Crippen LogP contribution in [0.25, 0.3) is 28.5 Å². The molecule has 1 heterocycles. The summed E-state index contributed by atoms with van der Waals surface area (Å²) in [7, 11) is 0. The maximum atomic E-state index is 13.3. The third-order valence-electron chi connectivity index (χ3n) is 4.16. The van der Waals surface area contributed by atoms with Crippen LogP contribution in [0, 0.1) is 18.6 Å². The van der Waals surface area contributed by atoms with E-state index >= 15 is 0 Å². The predicted molar refractivity (Wildman–Crippen MR) is 96.9 cm³/mol. The van der Waals surface area contributed by atoms with Gasteiger partial charge in [0.05, 0.1) is 0 Å². The van der Waals surface area contributed by atoms with Crippen molar-refractivity contribution in [2.75, 3.05) is 0 Å². The number of benzene rings is 3. The Bertz CT molecular complexity index is 971. The van der Waals surface area contributed by atoms with Gasteiger partial charge in [0, 0.05) is 16.8 Å². The smallest absolute Gasteiger partial charge is 0.168 e. The van der Waals surface area contributed by atoms with Crippen molar-refractivity contribution >= 4 is 0 Å². The third kappa shape index (κ3) is 2.99. The minimum absolute atomic E-state index is 0.311. The minimum atomic E-state index is -0.311. The summed E-state index contributed by atoms with van der Waals surface area (Å²) in [5.74, 6) is 0.559. The standard InChI is InChI=1S/C21H15F2N3/c1-14-2-12-19(13-3-14)26-20(15-4-8-17(22)9-5-15)24-25-21(26)16-6-10-18(23)11-7-16/h2-13H,1H3. The molecule has 3 aromatic carbocycles. The fraction of sp³-hybridized carbons (Fsp3) is 0.0476. The highest BCUT2D eigenvalue weighted by Gasteiger charge is 2.17. The topological polar surface area (TPSA) is 30.7 Å². The normalized spacial score (nSPS) is 10.9. The summed E-state index contributed by atoms with van der Waals surface area (Å²) in [6.45, 7) is 2.01. The first-order valence-electron chi connectivity index (χ1n) is 8.16. The van der Waals surface area contributed by atoms with E-state index in [0.29, 0.717) is 11.6 Å². The van der Waals surface area contributed by atoms with Crippen LogP contribution in [-0.4, -0.2) is 14.8 Å². The highest BCUT2D eigenvalue weighted by molar-refractivity contribution is 5.66. The molecule has 0 bridgehead atoms. The van der Waals surface area contributed by atoms with Crippen molar-refractivity contribution < 1.29 is 8.78 Å². The van der Waals surface area contributed by atoms with Crippen molar-refractivity contribution in [2.45, 2.75) is 6.92 Å². The fourth-order valence-electron chi connectivity index (χ4n) is 2.79. The van der Waals surface area contributed by atoms with Gasteiger partial charge in [-0.3, -0.25) is 4.57 Å². The number of hydrogen-bond acceptors (Lipinski definition) is 2. The van der Waals surface area contributed by atoms with Crippen LogP contribution >= 0.6 is 0 Å². The van der Waals surface area contributed by atoms with E-state index in [2.05, 4.69) is 10.2 Å². The molecule has 0 saturated heterocycles. The van der Waals surface area contributed by atoms with Gasteiger partial charge in [-0.2, -0.15) is 0 Å². The molecule has 4 rings (SSSR count). The Morgan fingerprint density at radius 2 is 1.04 bits per heavy atom. The Morgan fingerprint density at radius 1 is 0.615 bits per heavy atom. The average Bonchev–Trinajstić information content (AvgIpc) is 3.08. The zero-order valence-electron chi connectivity index (χ0n) is 14.0. The lowest BCUT2D eigenvalue weighted by molar-refractivity contribution is 0.627. The van der Waals surface area contributed by atoms with Gasteiger partial charge in [-0.15, -0.1) is 10.2 Å². The van der Waals surface area contributed by atoms with Crippen molar-refractivity contribution in [2.24, 2.45) is 0 Å². The van der Waals surface area contributed by atoms with Crippen LogP contribution in [0.15, 0.2) is 72.8 Å². The molecule has 0 aliphatic rings. The zero-order valence-corrected chi connectivity index (χ0v) is 14.0. The number of aryl methyl sites for hydroxylation is 1. The SMILES string of the molecule is Cc1ccc(-n2c(-c3ccc(F)cc3)nnc2-c2ccc(F)cc2)cc1. The van der Waals surface area contributed by atoms with Gasteiger partial charge in [0.25, 0.3) is 0 Å². The van der Waals surface area contributed by atoms with E-state index in [0.717, 1.165) is 22.4 Å². The summed E-state index contributed by atoms with van der Waals surface area (Å²) in [5.41, 5.74) is 3.49. The van der Waals surface area contributed by atoms with Crippen molar-refractivity contribution in [1.29, 1.82) is 0 Å². The van der Waals surface area contributed by atoms with E-state index in [1.165, 1.54) is 24.3 Å². The second kappa shape index (κ2) is 6.52. The van der Waals surface area contributed by atoms with Crippen molar-refractivity contribution in [3.8, 4) is 28.5 Å². The molecule has 0 atom stereocenters. The molecule has 1 aromatic heterocycles. The molecule has 3 nitrogen and oxygen atoms in total. The Balaban J connectivity index is 1.93. The number of aromatic nitrogens is 3. The first kappa shape index (κ1) is 16.1. The van der Waals surface area contributed by atoms with Gasteiger partial charge in [0.15, 0.2) is 11.6 Å². The van der Waals surface area contributed by atoms with Crippen LogP contribution < -0.4 is 0 Å². The molecular formula is C21H15F2N3. The quantitative estimate of drug-likeness (QED) is 0.511. The van der Waals surface area contributed by atoms with Gasteiger partial charge >= 0.3 is 0 Å². The summed E-state index contributed by atoms with van der Waals surface area (Å²) < 4.78 is 28.5. The Hall–Kier alpha value is -3.34. The molecule has 0 spiro atoms. The minimum Gasteiger partial charge on any atom is -0.275 e. The summed E-state index contributed by atoms with van der Waals surface area (Å²) in [5, 5.41) is 8.62. The molecule has 0 aliphatic heterocycles. The zero-order chi connectivity index (χ0) is 18.1. The molecule has 0 fully saturated rings. The lowest BCUT2D eigenvalue weighted by Gasteiger charge is -2.11. The molecule has 128 valence electrons.